The molecule has 0 unspecified atom stereocenters. The second kappa shape index (κ2) is 6.43. The third kappa shape index (κ3) is 3.51. The third-order valence-electron chi connectivity index (χ3n) is 2.99. The summed E-state index contributed by atoms with van der Waals surface area (Å²) in [5.41, 5.74) is 0.850. The topological polar surface area (TPSA) is 66.9 Å². The highest BCUT2D eigenvalue weighted by Crippen LogP contribution is 2.12. The van der Waals surface area contributed by atoms with E-state index in [0.717, 1.165) is 5.69 Å². The van der Waals surface area contributed by atoms with Crippen LogP contribution in [0.2, 0.25) is 5.02 Å². The van der Waals surface area contributed by atoms with Gasteiger partial charge in [-0.15, -0.1) is 0 Å². The summed E-state index contributed by atoms with van der Waals surface area (Å²) >= 11 is 5.80. The van der Waals surface area contributed by atoms with E-state index in [1.54, 1.807) is 18.3 Å². The molecule has 0 radical (unpaired) electrons. The molecular weight excluding hydrogens is 278 g/mol. The van der Waals surface area contributed by atoms with Crippen molar-refractivity contribution in [2.75, 3.05) is 11.9 Å². The van der Waals surface area contributed by atoms with Crippen molar-refractivity contribution in [1.82, 2.24) is 9.55 Å². The summed E-state index contributed by atoms with van der Waals surface area (Å²) in [6.07, 6.45) is 2.21. The largest absolute Gasteiger partial charge is 0.383 e. The van der Waals surface area contributed by atoms with Gasteiger partial charge in [-0.1, -0.05) is 18.5 Å². The van der Waals surface area contributed by atoms with E-state index in [0.29, 0.717) is 30.1 Å². The summed E-state index contributed by atoms with van der Waals surface area (Å²) in [5.74, 6) is 0. The van der Waals surface area contributed by atoms with Crippen LogP contribution >= 0.6 is 11.6 Å². The molecule has 0 aliphatic heterocycles. The van der Waals surface area contributed by atoms with Crippen molar-refractivity contribution >= 4 is 17.3 Å². The molecule has 6 heteroatoms. The van der Waals surface area contributed by atoms with Crippen LogP contribution in [0.1, 0.15) is 12.5 Å². The number of aromatic amines is 1. The fourth-order valence-electron chi connectivity index (χ4n) is 1.86. The lowest BCUT2D eigenvalue weighted by Gasteiger charge is -2.09. The lowest BCUT2D eigenvalue weighted by atomic mass is 10.2. The Bertz CT molecular complexity index is 689. The maximum absolute atomic E-state index is 11.7. The van der Waals surface area contributed by atoms with Gasteiger partial charge in [0, 0.05) is 35.6 Å². The second-order valence-corrected chi connectivity index (χ2v) is 4.83. The Balaban J connectivity index is 2.02. The highest BCUT2D eigenvalue weighted by atomic mass is 35.5. The van der Waals surface area contributed by atoms with Crippen molar-refractivity contribution in [2.24, 2.45) is 0 Å². The van der Waals surface area contributed by atoms with Crippen LogP contribution in [0, 0.1) is 0 Å². The van der Waals surface area contributed by atoms with Gasteiger partial charge in [0.2, 0.25) is 0 Å². The fourth-order valence-corrected chi connectivity index (χ4v) is 1.99. The average Bonchev–Trinajstić information content (AvgIpc) is 2.43. The molecule has 0 saturated heterocycles. The number of rotatable bonds is 5. The molecule has 2 N–H and O–H groups in total. The van der Waals surface area contributed by atoms with E-state index in [1.165, 1.54) is 4.57 Å². The number of hydrogen-bond donors (Lipinski definition) is 2. The number of aryl methyl sites for hydroxylation is 1. The van der Waals surface area contributed by atoms with Crippen molar-refractivity contribution in [2.45, 2.75) is 19.9 Å². The zero-order chi connectivity index (χ0) is 14.5. The van der Waals surface area contributed by atoms with Crippen molar-refractivity contribution < 1.29 is 0 Å². The SMILES string of the molecule is CCc1cn(CCNc2ccc(Cl)cc2)c(=O)[nH]c1=O. The predicted molar refractivity (Wildman–Crippen MR) is 80.6 cm³/mol. The first-order chi connectivity index (χ1) is 9.60. The van der Waals surface area contributed by atoms with Crippen LogP contribution in [-0.4, -0.2) is 16.1 Å². The quantitative estimate of drug-likeness (QED) is 0.884. The monoisotopic (exact) mass is 293 g/mol. The van der Waals surface area contributed by atoms with Gasteiger partial charge in [-0.05, 0) is 30.7 Å². The zero-order valence-electron chi connectivity index (χ0n) is 11.1. The highest BCUT2D eigenvalue weighted by molar-refractivity contribution is 6.30. The number of nitrogens with one attached hydrogen (secondary N) is 2. The molecule has 1 aromatic heterocycles. The van der Waals surface area contributed by atoms with E-state index < -0.39 is 0 Å². The van der Waals surface area contributed by atoms with Gasteiger partial charge in [0.1, 0.15) is 0 Å². The van der Waals surface area contributed by atoms with Gasteiger partial charge >= 0.3 is 5.69 Å². The summed E-state index contributed by atoms with van der Waals surface area (Å²) in [7, 11) is 0. The van der Waals surface area contributed by atoms with Crippen molar-refractivity contribution in [3.05, 3.63) is 61.9 Å². The number of anilines is 1. The number of hydrogen-bond acceptors (Lipinski definition) is 3. The molecule has 0 aliphatic carbocycles. The van der Waals surface area contributed by atoms with Crippen molar-refractivity contribution in [3.63, 3.8) is 0 Å². The van der Waals surface area contributed by atoms with Gasteiger partial charge in [0.15, 0.2) is 0 Å². The number of aromatic nitrogens is 2. The van der Waals surface area contributed by atoms with Crippen LogP contribution in [0.15, 0.2) is 40.1 Å². The highest BCUT2D eigenvalue weighted by Gasteiger charge is 2.02. The molecule has 0 saturated carbocycles. The second-order valence-electron chi connectivity index (χ2n) is 4.39. The molecule has 2 rings (SSSR count). The molecule has 0 aliphatic rings. The maximum atomic E-state index is 11.7. The van der Waals surface area contributed by atoms with Gasteiger partial charge in [-0.3, -0.25) is 14.3 Å². The molecule has 1 heterocycles. The van der Waals surface area contributed by atoms with E-state index in [9.17, 15) is 9.59 Å². The molecular formula is C14H16ClN3O2. The van der Waals surface area contributed by atoms with E-state index >= 15 is 0 Å². The summed E-state index contributed by atoms with van der Waals surface area (Å²) in [6.45, 7) is 2.94. The lowest BCUT2D eigenvalue weighted by molar-refractivity contribution is 0.660. The van der Waals surface area contributed by atoms with Crippen molar-refractivity contribution in [1.29, 1.82) is 0 Å². The van der Waals surface area contributed by atoms with Crippen LogP contribution in [0.5, 0.6) is 0 Å². The van der Waals surface area contributed by atoms with Gasteiger partial charge in [0.05, 0.1) is 0 Å². The molecule has 2 aromatic rings. The van der Waals surface area contributed by atoms with Crippen LogP contribution in [-0.2, 0) is 13.0 Å². The zero-order valence-corrected chi connectivity index (χ0v) is 11.9. The smallest absolute Gasteiger partial charge is 0.328 e. The first-order valence-electron chi connectivity index (χ1n) is 6.42. The van der Waals surface area contributed by atoms with Gasteiger partial charge in [-0.25, -0.2) is 4.79 Å². The number of halogens is 1. The first kappa shape index (κ1) is 14.4. The van der Waals surface area contributed by atoms with Crippen molar-refractivity contribution in [3.8, 4) is 0 Å². The van der Waals surface area contributed by atoms with Gasteiger partial charge in [-0.2, -0.15) is 0 Å². The van der Waals surface area contributed by atoms with E-state index in [4.69, 9.17) is 11.6 Å². The Hall–Kier alpha value is -2.01. The minimum atomic E-state index is -0.384. The van der Waals surface area contributed by atoms with Gasteiger partial charge < -0.3 is 5.32 Å². The minimum Gasteiger partial charge on any atom is -0.383 e. The van der Waals surface area contributed by atoms with Crippen LogP contribution in [0.3, 0.4) is 0 Å². The Morgan fingerprint density at radius 3 is 2.60 bits per heavy atom. The lowest BCUT2D eigenvalue weighted by Crippen LogP contribution is -2.33. The first-order valence-corrected chi connectivity index (χ1v) is 6.80. The number of H-pyrrole nitrogens is 1. The van der Waals surface area contributed by atoms with Gasteiger partial charge in [0.25, 0.3) is 5.56 Å². The summed E-state index contributed by atoms with van der Waals surface area (Å²) < 4.78 is 1.50. The molecule has 0 spiro atoms. The minimum absolute atomic E-state index is 0.306. The Morgan fingerprint density at radius 2 is 1.95 bits per heavy atom. The Labute approximate surface area is 121 Å². The van der Waals surface area contributed by atoms with E-state index in [-0.39, 0.29) is 11.2 Å². The predicted octanol–water partition coefficient (Wildman–Crippen LogP) is 1.86. The molecule has 5 nitrogen and oxygen atoms in total. The number of nitrogens with zero attached hydrogens (tertiary/aromatic N) is 1. The number of benzene rings is 1. The molecule has 106 valence electrons. The van der Waals surface area contributed by atoms with Crippen LogP contribution in [0.4, 0.5) is 5.69 Å². The Morgan fingerprint density at radius 1 is 1.25 bits per heavy atom. The van der Waals surface area contributed by atoms with Crippen LogP contribution in [0.25, 0.3) is 0 Å². The molecule has 0 bridgehead atoms. The Kier molecular flexibility index (Phi) is 4.63. The standard InChI is InChI=1S/C14H16ClN3O2/c1-2-10-9-18(14(20)17-13(10)19)8-7-16-12-5-3-11(15)4-6-12/h3-6,9,16H,2,7-8H2,1H3,(H,17,19,20). The summed E-state index contributed by atoms with van der Waals surface area (Å²) in [5, 5.41) is 3.87. The molecule has 20 heavy (non-hydrogen) atoms. The molecule has 1 aromatic carbocycles. The third-order valence-corrected chi connectivity index (χ3v) is 3.24. The summed E-state index contributed by atoms with van der Waals surface area (Å²) in [6, 6.07) is 7.33. The fraction of sp³-hybridized carbons (Fsp3) is 0.286. The van der Waals surface area contributed by atoms with E-state index in [1.807, 2.05) is 19.1 Å². The summed E-state index contributed by atoms with van der Waals surface area (Å²) in [4.78, 5) is 25.4. The molecule has 0 fully saturated rings. The van der Waals surface area contributed by atoms with E-state index in [2.05, 4.69) is 10.3 Å². The average molecular weight is 294 g/mol. The molecule has 0 atom stereocenters. The molecule has 0 amide bonds. The normalized spacial score (nSPS) is 10.5. The maximum Gasteiger partial charge on any atom is 0.328 e. The van der Waals surface area contributed by atoms with Crippen LogP contribution < -0.4 is 16.6 Å².